The van der Waals surface area contributed by atoms with Gasteiger partial charge in [0.15, 0.2) is 0 Å². The molecule has 0 aliphatic heterocycles. The van der Waals surface area contributed by atoms with E-state index in [1.54, 1.807) is 14.2 Å². The summed E-state index contributed by atoms with van der Waals surface area (Å²) in [5.41, 5.74) is 5.32. The van der Waals surface area contributed by atoms with Crippen molar-refractivity contribution in [3.05, 3.63) is 29.3 Å². The highest BCUT2D eigenvalue weighted by atomic mass is 16.5. The Morgan fingerprint density at radius 3 is 2.63 bits per heavy atom. The van der Waals surface area contributed by atoms with Crippen molar-refractivity contribution in [2.75, 3.05) is 14.2 Å². The number of rotatable bonds is 7. The highest BCUT2D eigenvalue weighted by Crippen LogP contribution is 2.36. The predicted octanol–water partition coefficient (Wildman–Crippen LogP) is 1.80. The molecule has 1 saturated carbocycles. The normalized spacial score (nSPS) is 18.1. The number of nitrogens with two attached hydrogens (primary N) is 1. The SMILES string of the molecule is COc1ccc(C)cc1CC(NN)C(OC)C1CC1. The Labute approximate surface area is 115 Å². The summed E-state index contributed by atoms with van der Waals surface area (Å²) >= 11 is 0. The van der Waals surface area contributed by atoms with Crippen LogP contribution >= 0.6 is 0 Å². The molecule has 0 radical (unpaired) electrons. The lowest BCUT2D eigenvalue weighted by atomic mass is 9.97. The van der Waals surface area contributed by atoms with Gasteiger partial charge in [0.1, 0.15) is 5.75 Å². The fourth-order valence-corrected chi connectivity index (χ4v) is 2.68. The third-order valence-corrected chi connectivity index (χ3v) is 3.85. The monoisotopic (exact) mass is 264 g/mol. The smallest absolute Gasteiger partial charge is 0.122 e. The Morgan fingerprint density at radius 1 is 1.37 bits per heavy atom. The van der Waals surface area contributed by atoms with E-state index in [1.165, 1.54) is 24.0 Å². The molecular formula is C15H24N2O2. The average molecular weight is 264 g/mol. The minimum atomic E-state index is 0.119. The lowest BCUT2D eigenvalue weighted by Gasteiger charge is -2.26. The van der Waals surface area contributed by atoms with Gasteiger partial charge in [0.2, 0.25) is 0 Å². The number of hydrazine groups is 1. The first-order valence-electron chi connectivity index (χ1n) is 6.82. The van der Waals surface area contributed by atoms with Gasteiger partial charge in [0.25, 0.3) is 0 Å². The molecule has 1 aliphatic carbocycles. The molecule has 2 atom stereocenters. The van der Waals surface area contributed by atoms with Crippen LogP contribution < -0.4 is 16.0 Å². The lowest BCUT2D eigenvalue weighted by Crippen LogP contribution is -2.47. The maximum Gasteiger partial charge on any atom is 0.122 e. The molecule has 0 heterocycles. The molecule has 19 heavy (non-hydrogen) atoms. The molecule has 106 valence electrons. The summed E-state index contributed by atoms with van der Waals surface area (Å²) in [5.74, 6) is 7.28. The van der Waals surface area contributed by atoms with Crippen LogP contribution in [0.25, 0.3) is 0 Å². The maximum atomic E-state index is 5.72. The summed E-state index contributed by atoms with van der Waals surface area (Å²) in [6.45, 7) is 2.09. The van der Waals surface area contributed by atoms with Crippen molar-refractivity contribution in [3.8, 4) is 5.75 Å². The number of ether oxygens (including phenoxy) is 2. The second-order valence-corrected chi connectivity index (χ2v) is 5.33. The van der Waals surface area contributed by atoms with Gasteiger partial charge in [-0.3, -0.25) is 11.3 Å². The van der Waals surface area contributed by atoms with Crippen molar-refractivity contribution in [3.63, 3.8) is 0 Å². The quantitative estimate of drug-likeness (QED) is 0.582. The van der Waals surface area contributed by atoms with Gasteiger partial charge in [-0.2, -0.15) is 0 Å². The topological polar surface area (TPSA) is 56.5 Å². The van der Waals surface area contributed by atoms with E-state index in [1.807, 2.05) is 6.07 Å². The molecule has 0 bridgehead atoms. The highest BCUT2D eigenvalue weighted by molar-refractivity contribution is 5.37. The van der Waals surface area contributed by atoms with Gasteiger partial charge in [-0.1, -0.05) is 17.7 Å². The summed E-state index contributed by atoms with van der Waals surface area (Å²) in [6, 6.07) is 6.34. The summed E-state index contributed by atoms with van der Waals surface area (Å²) < 4.78 is 11.0. The predicted molar refractivity (Wildman–Crippen MR) is 76.1 cm³/mol. The lowest BCUT2D eigenvalue weighted by molar-refractivity contribution is 0.0509. The van der Waals surface area contributed by atoms with E-state index in [9.17, 15) is 0 Å². The van der Waals surface area contributed by atoms with E-state index in [0.717, 1.165) is 12.2 Å². The summed E-state index contributed by atoms with van der Waals surface area (Å²) in [6.07, 6.45) is 3.47. The van der Waals surface area contributed by atoms with Crippen LogP contribution in [0.2, 0.25) is 0 Å². The number of methoxy groups -OCH3 is 2. The first kappa shape index (κ1) is 14.3. The molecule has 1 aromatic carbocycles. The van der Waals surface area contributed by atoms with E-state index in [-0.39, 0.29) is 12.1 Å². The van der Waals surface area contributed by atoms with Crippen molar-refractivity contribution in [1.82, 2.24) is 5.43 Å². The maximum absolute atomic E-state index is 5.72. The second kappa shape index (κ2) is 6.37. The average Bonchev–Trinajstić information content (AvgIpc) is 3.23. The van der Waals surface area contributed by atoms with Gasteiger partial charge < -0.3 is 9.47 Å². The summed E-state index contributed by atoms with van der Waals surface area (Å²) in [5, 5.41) is 0. The van der Waals surface area contributed by atoms with E-state index in [4.69, 9.17) is 15.3 Å². The Kier molecular flexibility index (Phi) is 4.80. The molecule has 2 rings (SSSR count). The molecule has 4 nitrogen and oxygen atoms in total. The van der Waals surface area contributed by atoms with Crippen molar-refractivity contribution in [2.24, 2.45) is 11.8 Å². The summed E-state index contributed by atoms with van der Waals surface area (Å²) in [4.78, 5) is 0. The van der Waals surface area contributed by atoms with E-state index in [0.29, 0.717) is 5.92 Å². The molecule has 2 unspecified atom stereocenters. The molecule has 0 spiro atoms. The third kappa shape index (κ3) is 3.47. The van der Waals surface area contributed by atoms with Gasteiger partial charge in [-0.05, 0) is 43.7 Å². The summed E-state index contributed by atoms with van der Waals surface area (Å²) in [7, 11) is 3.47. The molecular weight excluding hydrogens is 240 g/mol. The van der Waals surface area contributed by atoms with E-state index < -0.39 is 0 Å². The molecule has 1 aliphatic rings. The molecule has 1 aromatic rings. The van der Waals surface area contributed by atoms with Crippen LogP contribution in [-0.4, -0.2) is 26.4 Å². The molecule has 1 fully saturated rings. The van der Waals surface area contributed by atoms with Crippen LogP contribution in [0.1, 0.15) is 24.0 Å². The Balaban J connectivity index is 2.14. The second-order valence-electron chi connectivity index (χ2n) is 5.33. The van der Waals surface area contributed by atoms with Crippen molar-refractivity contribution in [1.29, 1.82) is 0 Å². The fraction of sp³-hybridized carbons (Fsp3) is 0.600. The zero-order chi connectivity index (χ0) is 13.8. The molecule has 0 amide bonds. The number of hydrogen-bond donors (Lipinski definition) is 2. The van der Waals surface area contributed by atoms with Gasteiger partial charge in [-0.25, -0.2) is 0 Å². The largest absolute Gasteiger partial charge is 0.496 e. The van der Waals surface area contributed by atoms with E-state index >= 15 is 0 Å². The number of aryl methyl sites for hydroxylation is 1. The Morgan fingerprint density at radius 2 is 2.11 bits per heavy atom. The van der Waals surface area contributed by atoms with E-state index in [2.05, 4.69) is 24.5 Å². The standard InChI is InChI=1S/C15H24N2O2/c1-10-4-7-14(18-2)12(8-10)9-13(17-16)15(19-3)11-5-6-11/h4,7-8,11,13,15,17H,5-6,9,16H2,1-3H3. The number of nitrogens with one attached hydrogen (secondary N) is 1. The Hall–Kier alpha value is -1.10. The first-order valence-corrected chi connectivity index (χ1v) is 6.82. The van der Waals surface area contributed by atoms with Crippen LogP contribution in [-0.2, 0) is 11.2 Å². The Bertz CT molecular complexity index is 419. The molecule has 3 N–H and O–H groups in total. The van der Waals surface area contributed by atoms with Gasteiger partial charge >= 0.3 is 0 Å². The fourth-order valence-electron chi connectivity index (χ4n) is 2.68. The number of hydrogen-bond acceptors (Lipinski definition) is 4. The van der Waals surface area contributed by atoms with Gasteiger partial charge in [0, 0.05) is 7.11 Å². The zero-order valence-electron chi connectivity index (χ0n) is 12.0. The highest BCUT2D eigenvalue weighted by Gasteiger charge is 2.36. The number of benzene rings is 1. The van der Waals surface area contributed by atoms with Crippen molar-refractivity contribution >= 4 is 0 Å². The first-order chi connectivity index (χ1) is 9.19. The minimum absolute atomic E-state index is 0.119. The van der Waals surface area contributed by atoms with Crippen LogP contribution in [0.3, 0.4) is 0 Å². The van der Waals surface area contributed by atoms with Crippen molar-refractivity contribution < 1.29 is 9.47 Å². The van der Waals surface area contributed by atoms with Crippen LogP contribution in [0.4, 0.5) is 0 Å². The van der Waals surface area contributed by atoms with Crippen molar-refractivity contribution in [2.45, 2.75) is 38.3 Å². The van der Waals surface area contributed by atoms with Crippen LogP contribution in [0.15, 0.2) is 18.2 Å². The minimum Gasteiger partial charge on any atom is -0.496 e. The van der Waals surface area contributed by atoms with Gasteiger partial charge in [-0.15, -0.1) is 0 Å². The third-order valence-electron chi connectivity index (χ3n) is 3.85. The molecule has 0 saturated heterocycles. The molecule has 0 aromatic heterocycles. The van der Waals surface area contributed by atoms with Crippen LogP contribution in [0.5, 0.6) is 5.75 Å². The zero-order valence-corrected chi connectivity index (χ0v) is 12.0. The van der Waals surface area contributed by atoms with Gasteiger partial charge in [0.05, 0.1) is 19.3 Å². The van der Waals surface area contributed by atoms with Crippen LogP contribution in [0, 0.1) is 12.8 Å². The molecule has 4 heteroatoms.